The van der Waals surface area contributed by atoms with Gasteiger partial charge in [0.2, 0.25) is 11.7 Å². The molecule has 1 unspecified atom stereocenters. The van der Waals surface area contributed by atoms with Crippen LogP contribution in [0.1, 0.15) is 112 Å². The van der Waals surface area contributed by atoms with Crippen LogP contribution in [0.2, 0.25) is 0 Å². The highest BCUT2D eigenvalue weighted by Gasteiger charge is 2.69. The summed E-state index contributed by atoms with van der Waals surface area (Å²) in [6.45, 7) is 11.9. The predicted molar refractivity (Wildman–Crippen MR) is 196 cm³/mol. The second-order valence-corrected chi connectivity index (χ2v) is 18.7. The molecule has 1 aliphatic heterocycles. The average molecular weight is 724 g/mol. The van der Waals surface area contributed by atoms with Crippen molar-refractivity contribution < 1.29 is 32.4 Å². The molecule has 3 amide bonds. The van der Waals surface area contributed by atoms with Gasteiger partial charge in [-0.3, -0.25) is 19.2 Å². The summed E-state index contributed by atoms with van der Waals surface area (Å²) in [5, 5.41) is 5.90. The Morgan fingerprint density at radius 3 is 2.27 bits per heavy atom. The number of terminal acetylenes is 1. The maximum Gasteiger partial charge on any atom is 0.315 e. The van der Waals surface area contributed by atoms with E-state index in [4.69, 9.17) is 6.42 Å². The van der Waals surface area contributed by atoms with E-state index in [0.717, 1.165) is 19.3 Å². The highest BCUT2D eigenvalue weighted by atomic mass is 32.2. The molecule has 1 aromatic rings. The van der Waals surface area contributed by atoms with Crippen LogP contribution in [-0.4, -0.2) is 72.5 Å². The number of rotatable bonds is 16. The zero-order valence-corrected chi connectivity index (χ0v) is 32.1. The Balaban J connectivity index is 1.54. The molecule has 0 radical (unpaired) electrons. The molecule has 280 valence electrons. The van der Waals surface area contributed by atoms with Crippen molar-refractivity contribution in [2.75, 3.05) is 12.3 Å². The molecule has 3 fully saturated rings. The monoisotopic (exact) mass is 723 g/mol. The van der Waals surface area contributed by atoms with E-state index in [-0.39, 0.29) is 46.5 Å². The minimum Gasteiger partial charge on any atom is -0.332 e. The lowest BCUT2D eigenvalue weighted by atomic mass is 9.82. The number of benzene rings is 1. The Kier molecular flexibility index (Phi) is 12.6. The van der Waals surface area contributed by atoms with Crippen molar-refractivity contribution in [3.8, 4) is 12.3 Å². The fourth-order valence-electron chi connectivity index (χ4n) is 8.45. The SMILES string of the molecule is C#CCCCC(=O)C(=O)C(CCC)CC(=O)[C@@H]1[C@@H]2[C@H](CN1C(=O)[C@@H](NC(=O)NC1(CS(=O)(=O)c3ccccc3)CCCCC1)C(C)(C)C)C2(C)C. The van der Waals surface area contributed by atoms with E-state index in [9.17, 15) is 32.4 Å². The van der Waals surface area contributed by atoms with Crippen LogP contribution in [0.15, 0.2) is 35.2 Å². The third kappa shape index (κ3) is 9.29. The topological polar surface area (TPSA) is 147 Å². The molecule has 4 rings (SSSR count). The van der Waals surface area contributed by atoms with Gasteiger partial charge in [-0.05, 0) is 60.5 Å². The second-order valence-electron chi connectivity index (χ2n) is 16.7. The van der Waals surface area contributed by atoms with Gasteiger partial charge in [0.15, 0.2) is 21.4 Å². The number of piperidine rings is 1. The third-order valence-electron chi connectivity index (χ3n) is 11.4. The Bertz CT molecular complexity index is 1620. The van der Waals surface area contributed by atoms with Crippen molar-refractivity contribution in [1.29, 1.82) is 0 Å². The molecule has 2 aliphatic carbocycles. The minimum atomic E-state index is -3.72. The number of carbonyl (C=O) groups excluding carboxylic acids is 5. The molecule has 2 saturated carbocycles. The fourth-order valence-corrected chi connectivity index (χ4v) is 10.3. The van der Waals surface area contributed by atoms with Crippen LogP contribution in [0.4, 0.5) is 4.79 Å². The van der Waals surface area contributed by atoms with Crippen molar-refractivity contribution in [3.63, 3.8) is 0 Å². The summed E-state index contributed by atoms with van der Waals surface area (Å²) >= 11 is 0. The number of Topliss-reactive ketones (excluding diaryl/α,β-unsaturated/α-hetero) is 3. The number of ketones is 3. The number of urea groups is 1. The largest absolute Gasteiger partial charge is 0.332 e. The molecule has 0 aromatic heterocycles. The van der Waals surface area contributed by atoms with Gasteiger partial charge >= 0.3 is 6.03 Å². The van der Waals surface area contributed by atoms with Crippen molar-refractivity contribution in [1.82, 2.24) is 15.5 Å². The number of nitrogens with one attached hydrogen (secondary N) is 2. The summed E-state index contributed by atoms with van der Waals surface area (Å²) in [4.78, 5) is 70.2. The summed E-state index contributed by atoms with van der Waals surface area (Å²) < 4.78 is 27.0. The fraction of sp³-hybridized carbons (Fsp3) is 0.675. The van der Waals surface area contributed by atoms with E-state index in [0.29, 0.717) is 45.1 Å². The van der Waals surface area contributed by atoms with Crippen LogP contribution < -0.4 is 10.6 Å². The number of fused-ring (bicyclic) bond motifs is 1. The summed E-state index contributed by atoms with van der Waals surface area (Å²) in [7, 11) is -3.72. The molecule has 11 heteroatoms. The molecule has 1 heterocycles. The summed E-state index contributed by atoms with van der Waals surface area (Å²) in [6, 6.07) is 5.78. The first kappa shape index (κ1) is 40.3. The lowest BCUT2D eigenvalue weighted by molar-refractivity contribution is -0.144. The first-order chi connectivity index (χ1) is 23.9. The van der Waals surface area contributed by atoms with E-state index < -0.39 is 62.3 Å². The Hall–Kier alpha value is -3.52. The van der Waals surface area contributed by atoms with E-state index in [1.54, 1.807) is 35.2 Å². The summed E-state index contributed by atoms with van der Waals surface area (Å²) in [5.74, 6) is -0.254. The number of carbonyl (C=O) groups is 5. The first-order valence-corrected chi connectivity index (χ1v) is 20.2. The zero-order valence-electron chi connectivity index (χ0n) is 31.3. The van der Waals surface area contributed by atoms with Gasteiger partial charge in [0, 0.05) is 31.7 Å². The summed E-state index contributed by atoms with van der Waals surface area (Å²) in [6.07, 6.45) is 10.5. The van der Waals surface area contributed by atoms with E-state index >= 15 is 0 Å². The Morgan fingerprint density at radius 1 is 1.04 bits per heavy atom. The highest BCUT2D eigenvalue weighted by Crippen LogP contribution is 2.65. The van der Waals surface area contributed by atoms with E-state index in [1.165, 1.54) is 0 Å². The van der Waals surface area contributed by atoms with Crippen molar-refractivity contribution in [3.05, 3.63) is 30.3 Å². The molecule has 2 N–H and O–H groups in total. The molecule has 1 saturated heterocycles. The van der Waals surface area contributed by atoms with Gasteiger partial charge in [0.05, 0.1) is 22.2 Å². The average Bonchev–Trinajstić information content (AvgIpc) is 3.37. The standard InChI is InChI=1S/C40H57N3O7S/c1-8-10-13-21-30(44)34(46)27(18-9-2)24-31(45)33-32-29(39(32,6)7)25-43(33)36(47)35(38(3,4)5)41-37(48)42-40(22-16-12-17-23-40)26-51(49,50)28-19-14-11-15-20-28/h1,11,14-15,19-20,27,29,32-33,35H,9-10,12-13,16-18,21-26H2,2-7H3,(H2,41,42,48)/t27?,29-,32-,33+,35+/m0/s1. The number of hydrogen-bond donors (Lipinski definition) is 2. The number of nitrogens with zero attached hydrogens (tertiary/aromatic N) is 1. The lowest BCUT2D eigenvalue weighted by Gasteiger charge is -2.40. The third-order valence-corrected chi connectivity index (χ3v) is 13.3. The maximum absolute atomic E-state index is 14.5. The van der Waals surface area contributed by atoms with Gasteiger partial charge < -0.3 is 15.5 Å². The van der Waals surface area contributed by atoms with Crippen LogP contribution in [0, 0.1) is 40.9 Å². The first-order valence-electron chi connectivity index (χ1n) is 18.6. The predicted octanol–water partition coefficient (Wildman–Crippen LogP) is 5.68. The van der Waals surface area contributed by atoms with Gasteiger partial charge in [-0.2, -0.15) is 0 Å². The number of amides is 3. The molecular weight excluding hydrogens is 667 g/mol. The van der Waals surface area contributed by atoms with E-state index in [1.807, 2.05) is 27.7 Å². The van der Waals surface area contributed by atoms with Crippen LogP contribution in [-0.2, 0) is 29.0 Å². The molecule has 0 spiro atoms. The van der Waals surface area contributed by atoms with Crippen LogP contribution in [0.5, 0.6) is 0 Å². The van der Waals surface area contributed by atoms with Crippen LogP contribution in [0.3, 0.4) is 0 Å². The number of unbranched alkanes of at least 4 members (excludes halogenated alkanes) is 1. The normalized spacial score (nSPS) is 23.2. The Morgan fingerprint density at radius 2 is 1.69 bits per heavy atom. The smallest absolute Gasteiger partial charge is 0.315 e. The van der Waals surface area contributed by atoms with Gasteiger partial charge in [-0.1, -0.05) is 85.4 Å². The van der Waals surface area contributed by atoms with Crippen LogP contribution >= 0.6 is 0 Å². The van der Waals surface area contributed by atoms with Gasteiger partial charge in [-0.15, -0.1) is 12.3 Å². The number of hydrogen-bond acceptors (Lipinski definition) is 7. The molecular formula is C40H57N3O7S. The molecule has 5 atom stereocenters. The molecule has 1 aromatic carbocycles. The lowest BCUT2D eigenvalue weighted by Crippen LogP contribution is -2.63. The molecule has 10 nitrogen and oxygen atoms in total. The zero-order chi connectivity index (χ0) is 37.8. The minimum absolute atomic E-state index is 0.0453. The highest BCUT2D eigenvalue weighted by molar-refractivity contribution is 7.91. The van der Waals surface area contributed by atoms with Crippen LogP contribution in [0.25, 0.3) is 0 Å². The number of sulfone groups is 1. The van der Waals surface area contributed by atoms with E-state index in [2.05, 4.69) is 30.4 Å². The summed E-state index contributed by atoms with van der Waals surface area (Å²) in [5.41, 5.74) is -1.93. The number of likely N-dealkylation sites (tertiary alicyclic amines) is 1. The van der Waals surface area contributed by atoms with Crippen molar-refractivity contribution >= 4 is 39.1 Å². The Labute approximate surface area is 304 Å². The van der Waals surface area contributed by atoms with Gasteiger partial charge in [0.25, 0.3) is 0 Å². The molecule has 51 heavy (non-hydrogen) atoms. The quantitative estimate of drug-likeness (QED) is 0.127. The maximum atomic E-state index is 14.5. The molecule has 3 aliphatic rings. The van der Waals surface area contributed by atoms with Gasteiger partial charge in [-0.25, -0.2) is 13.2 Å². The van der Waals surface area contributed by atoms with Gasteiger partial charge in [0.1, 0.15) is 6.04 Å². The van der Waals surface area contributed by atoms with Crippen molar-refractivity contribution in [2.45, 2.75) is 135 Å². The molecule has 0 bridgehead atoms. The van der Waals surface area contributed by atoms with Crippen molar-refractivity contribution in [2.24, 2.45) is 28.6 Å². The second kappa shape index (κ2) is 16.0.